The monoisotopic (exact) mass is 431 g/mol. The molecule has 168 valence electrons. The van der Waals surface area contributed by atoms with Gasteiger partial charge >= 0.3 is 6.03 Å². The van der Waals surface area contributed by atoms with Gasteiger partial charge in [0.1, 0.15) is 11.3 Å². The summed E-state index contributed by atoms with van der Waals surface area (Å²) in [7, 11) is 0. The lowest BCUT2D eigenvalue weighted by atomic mass is 9.82. The molecule has 1 saturated carbocycles. The topological polar surface area (TPSA) is 124 Å². The molecule has 2 saturated heterocycles. The first-order chi connectivity index (χ1) is 15.0. The van der Waals surface area contributed by atoms with Crippen molar-refractivity contribution in [3.8, 4) is 0 Å². The molecular formula is C21H29N5O5. The average Bonchev–Trinajstić information content (AvgIpc) is 3.49. The highest BCUT2D eigenvalue weighted by molar-refractivity contribution is 6.08. The number of nitrogens with one attached hydrogen (secondary N) is 3. The Hall–Kier alpha value is -2.88. The number of hydrogen-bond donors (Lipinski definition) is 3. The summed E-state index contributed by atoms with van der Waals surface area (Å²) < 4.78 is 5.23. The second-order valence-electron chi connectivity index (χ2n) is 8.49. The molecule has 1 unspecified atom stereocenters. The van der Waals surface area contributed by atoms with Crippen LogP contribution in [0.3, 0.4) is 0 Å². The number of urea groups is 1. The molecule has 1 spiro atoms. The molecule has 4 rings (SSSR count). The lowest BCUT2D eigenvalue weighted by molar-refractivity contribution is -0.140. The molecule has 0 radical (unpaired) electrons. The Morgan fingerprint density at radius 3 is 2.74 bits per heavy atom. The minimum Gasteiger partial charge on any atom is -0.467 e. The molecule has 1 atom stereocenters. The Bertz CT molecular complexity index is 833. The van der Waals surface area contributed by atoms with Gasteiger partial charge in [-0.1, -0.05) is 19.3 Å². The number of carbonyl (C=O) groups excluding carboxylic acids is 4. The van der Waals surface area contributed by atoms with E-state index in [2.05, 4.69) is 16.1 Å². The van der Waals surface area contributed by atoms with E-state index >= 15 is 0 Å². The molecule has 0 bridgehead atoms. The van der Waals surface area contributed by atoms with E-state index in [1.807, 2.05) is 4.90 Å². The summed E-state index contributed by atoms with van der Waals surface area (Å²) >= 11 is 0. The summed E-state index contributed by atoms with van der Waals surface area (Å²) in [6.45, 7) is 1.42. The van der Waals surface area contributed by atoms with Crippen LogP contribution in [0.1, 0.15) is 57.1 Å². The fraction of sp³-hybridized carbons (Fsp3) is 0.619. The molecule has 1 aromatic rings. The van der Waals surface area contributed by atoms with Gasteiger partial charge < -0.3 is 15.1 Å². The van der Waals surface area contributed by atoms with E-state index in [0.717, 1.165) is 43.7 Å². The smallest absolute Gasteiger partial charge is 0.344 e. The van der Waals surface area contributed by atoms with Crippen molar-refractivity contribution < 1.29 is 23.6 Å². The minimum absolute atomic E-state index is 0.0893. The van der Waals surface area contributed by atoms with Gasteiger partial charge in [-0.3, -0.25) is 24.7 Å². The standard InChI is InChI=1S/C21H29N5O5/c27-17(24-26-19(29)21(23-20(26)30)9-2-1-3-10-21)8-12-25-11-4-7-16(25)18(28)22-14-15-6-5-13-31-15/h5-6,13,16H,1-4,7-12,14H2,(H,22,28)(H,23,30)(H,24,27). The molecule has 3 N–H and O–H groups in total. The number of hydrazine groups is 1. The van der Waals surface area contributed by atoms with Crippen molar-refractivity contribution in [3.05, 3.63) is 24.2 Å². The second-order valence-corrected chi connectivity index (χ2v) is 8.49. The van der Waals surface area contributed by atoms with Gasteiger partial charge in [0.05, 0.1) is 18.8 Å². The lowest BCUT2D eigenvalue weighted by Crippen LogP contribution is -2.51. The molecule has 3 fully saturated rings. The number of furan rings is 1. The van der Waals surface area contributed by atoms with Crippen LogP contribution >= 0.6 is 0 Å². The maximum absolute atomic E-state index is 12.8. The Balaban J connectivity index is 1.25. The van der Waals surface area contributed by atoms with Crippen LogP contribution in [0.15, 0.2) is 22.8 Å². The molecule has 10 nitrogen and oxygen atoms in total. The average molecular weight is 431 g/mol. The fourth-order valence-corrected chi connectivity index (χ4v) is 4.74. The maximum Gasteiger partial charge on any atom is 0.344 e. The van der Waals surface area contributed by atoms with Crippen LogP contribution < -0.4 is 16.1 Å². The van der Waals surface area contributed by atoms with Crippen LogP contribution in [0, 0.1) is 0 Å². The molecule has 31 heavy (non-hydrogen) atoms. The molecule has 10 heteroatoms. The van der Waals surface area contributed by atoms with Gasteiger partial charge in [-0.05, 0) is 44.4 Å². The van der Waals surface area contributed by atoms with Gasteiger partial charge in [-0.2, -0.15) is 5.01 Å². The highest BCUT2D eigenvalue weighted by Gasteiger charge is 2.52. The highest BCUT2D eigenvalue weighted by Crippen LogP contribution is 2.33. The molecule has 0 aromatic carbocycles. The van der Waals surface area contributed by atoms with E-state index in [4.69, 9.17) is 4.42 Å². The van der Waals surface area contributed by atoms with E-state index in [1.165, 1.54) is 0 Å². The molecule has 1 aliphatic carbocycles. The van der Waals surface area contributed by atoms with Crippen molar-refractivity contribution in [1.29, 1.82) is 0 Å². The summed E-state index contributed by atoms with van der Waals surface area (Å²) in [5.41, 5.74) is 1.59. The first-order valence-electron chi connectivity index (χ1n) is 11.0. The van der Waals surface area contributed by atoms with Gasteiger partial charge in [-0.25, -0.2) is 4.79 Å². The van der Waals surface area contributed by atoms with Gasteiger partial charge in [0.25, 0.3) is 5.91 Å². The normalized spacial score (nSPS) is 23.2. The highest BCUT2D eigenvalue weighted by atomic mass is 16.3. The third kappa shape index (κ3) is 4.58. The third-order valence-electron chi connectivity index (χ3n) is 6.41. The second kappa shape index (κ2) is 9.09. The first-order valence-corrected chi connectivity index (χ1v) is 11.0. The summed E-state index contributed by atoms with van der Waals surface area (Å²) in [6.07, 6.45) is 7.26. The predicted octanol–water partition coefficient (Wildman–Crippen LogP) is 1.04. The SMILES string of the molecule is O=C(CCN1CCCC1C(=O)NCc1ccco1)NN1C(=O)NC2(CCCCC2)C1=O. The molecule has 5 amide bonds. The van der Waals surface area contributed by atoms with Crippen LogP contribution in [0.4, 0.5) is 4.79 Å². The largest absolute Gasteiger partial charge is 0.467 e. The summed E-state index contributed by atoms with van der Waals surface area (Å²) in [4.78, 5) is 52.0. The minimum atomic E-state index is -0.866. The Kier molecular flexibility index (Phi) is 6.26. The quantitative estimate of drug-likeness (QED) is 0.554. The van der Waals surface area contributed by atoms with Crippen LogP contribution in [-0.2, 0) is 20.9 Å². The molecule has 3 heterocycles. The molecule has 1 aromatic heterocycles. The zero-order valence-corrected chi connectivity index (χ0v) is 17.5. The van der Waals surface area contributed by atoms with Crippen LogP contribution in [0.2, 0.25) is 0 Å². The number of nitrogens with zero attached hydrogens (tertiary/aromatic N) is 2. The van der Waals surface area contributed by atoms with Crippen molar-refractivity contribution in [1.82, 2.24) is 26.0 Å². The summed E-state index contributed by atoms with van der Waals surface area (Å²) in [5.74, 6) is -0.205. The van der Waals surface area contributed by atoms with Crippen LogP contribution in [0.25, 0.3) is 0 Å². The third-order valence-corrected chi connectivity index (χ3v) is 6.41. The number of imide groups is 1. The molecule has 2 aliphatic heterocycles. The number of likely N-dealkylation sites (tertiary alicyclic amines) is 1. The molecular weight excluding hydrogens is 402 g/mol. The zero-order valence-electron chi connectivity index (χ0n) is 17.5. The van der Waals surface area contributed by atoms with E-state index in [1.54, 1.807) is 18.4 Å². The van der Waals surface area contributed by atoms with Crippen molar-refractivity contribution in [2.45, 2.75) is 69.5 Å². The van der Waals surface area contributed by atoms with E-state index in [0.29, 0.717) is 31.7 Å². The van der Waals surface area contributed by atoms with Crippen molar-refractivity contribution in [3.63, 3.8) is 0 Å². The van der Waals surface area contributed by atoms with Gasteiger partial charge in [-0.15, -0.1) is 0 Å². The van der Waals surface area contributed by atoms with E-state index in [9.17, 15) is 19.2 Å². The number of hydrogen-bond acceptors (Lipinski definition) is 6. The van der Waals surface area contributed by atoms with E-state index < -0.39 is 17.5 Å². The zero-order chi connectivity index (χ0) is 21.8. The first kappa shape index (κ1) is 21.4. The van der Waals surface area contributed by atoms with Gasteiger partial charge in [0.15, 0.2) is 0 Å². The number of rotatable bonds is 7. The predicted molar refractivity (Wildman–Crippen MR) is 109 cm³/mol. The Morgan fingerprint density at radius 1 is 1.19 bits per heavy atom. The van der Waals surface area contributed by atoms with Crippen molar-refractivity contribution >= 4 is 23.8 Å². The summed E-state index contributed by atoms with van der Waals surface area (Å²) in [5, 5.41) is 6.46. The van der Waals surface area contributed by atoms with Crippen molar-refractivity contribution in [2.24, 2.45) is 0 Å². The summed E-state index contributed by atoms with van der Waals surface area (Å²) in [6, 6.07) is 2.69. The Morgan fingerprint density at radius 2 is 2.00 bits per heavy atom. The maximum atomic E-state index is 12.8. The lowest BCUT2D eigenvalue weighted by Gasteiger charge is -2.30. The van der Waals surface area contributed by atoms with Gasteiger partial charge in [0.2, 0.25) is 11.8 Å². The number of carbonyl (C=O) groups is 4. The van der Waals surface area contributed by atoms with Crippen molar-refractivity contribution in [2.75, 3.05) is 13.1 Å². The number of amides is 5. The van der Waals surface area contributed by atoms with Crippen LogP contribution in [0.5, 0.6) is 0 Å². The van der Waals surface area contributed by atoms with Crippen LogP contribution in [-0.4, -0.2) is 58.3 Å². The molecule has 3 aliphatic rings. The van der Waals surface area contributed by atoms with Gasteiger partial charge in [0, 0.05) is 13.0 Å². The fourth-order valence-electron chi connectivity index (χ4n) is 4.74. The van der Waals surface area contributed by atoms with E-state index in [-0.39, 0.29) is 24.3 Å². The Labute approximate surface area is 180 Å².